The van der Waals surface area contributed by atoms with Crippen molar-refractivity contribution in [1.29, 1.82) is 0 Å². The Labute approximate surface area is 244 Å². The summed E-state index contributed by atoms with van der Waals surface area (Å²) in [6.45, 7) is 1.01. The highest BCUT2D eigenvalue weighted by Crippen LogP contribution is 2.33. The van der Waals surface area contributed by atoms with Gasteiger partial charge in [0, 0.05) is 43.6 Å². The molecule has 14 nitrogen and oxygen atoms in total. The highest BCUT2D eigenvalue weighted by molar-refractivity contribution is 7.10. The minimum Gasteiger partial charge on any atom is -0.484 e. The fraction of sp³-hybridized carbons (Fsp3) is 0.407. The summed E-state index contributed by atoms with van der Waals surface area (Å²) in [6, 6.07) is 17.7. The maximum atomic E-state index is 12.6. The molecule has 1 aromatic heterocycles. The number of rotatable bonds is 17. The van der Waals surface area contributed by atoms with E-state index in [0.29, 0.717) is 6.42 Å². The smallest absolute Gasteiger partial charge is 0.412 e. The number of amides is 1. The molecule has 0 saturated carbocycles. The van der Waals surface area contributed by atoms with Crippen LogP contribution in [0.15, 0.2) is 60.0 Å². The van der Waals surface area contributed by atoms with Crippen molar-refractivity contribution in [2.75, 3.05) is 20.2 Å². The van der Waals surface area contributed by atoms with Crippen molar-refractivity contribution in [2.45, 2.75) is 51.1 Å². The van der Waals surface area contributed by atoms with E-state index in [0.717, 1.165) is 21.4 Å². The molecule has 3 atom stereocenters. The molecule has 0 N–H and O–H groups in total. The molecule has 1 unspecified atom stereocenters. The fourth-order valence-electron chi connectivity index (χ4n) is 3.99. The zero-order valence-electron chi connectivity index (χ0n) is 23.0. The predicted octanol–water partition coefficient (Wildman–Crippen LogP) is 5.32. The Bertz CT molecular complexity index is 1330. The van der Waals surface area contributed by atoms with Crippen LogP contribution < -0.4 is 4.74 Å². The van der Waals surface area contributed by atoms with E-state index in [2.05, 4.69) is 9.68 Å². The molecule has 0 radical (unpaired) electrons. The molecule has 3 rings (SSSR count). The quantitative estimate of drug-likeness (QED) is 0.0844. The summed E-state index contributed by atoms with van der Waals surface area (Å²) in [5, 5.41) is 22.6. The molecule has 0 bridgehead atoms. The van der Waals surface area contributed by atoms with Crippen LogP contribution >= 0.6 is 11.3 Å². The molecule has 0 aliphatic heterocycles. The van der Waals surface area contributed by atoms with Gasteiger partial charge in [-0.2, -0.15) is 0 Å². The zero-order valence-corrected chi connectivity index (χ0v) is 23.8. The van der Waals surface area contributed by atoms with Gasteiger partial charge in [-0.25, -0.2) is 4.79 Å². The van der Waals surface area contributed by atoms with Crippen molar-refractivity contribution in [2.24, 2.45) is 0 Å². The SMILES string of the molecule is CC(OC(=O)CCC[C@@H](CO[N+](=O)[O-])O[N+](=O)[O-])OC(=O)N(C)CC[C@H](Oc1cccc2ccccc12)c1cccs1. The number of carbonyl (C=O) groups is 2. The van der Waals surface area contributed by atoms with Gasteiger partial charge in [0.15, 0.2) is 0 Å². The van der Waals surface area contributed by atoms with E-state index in [1.54, 1.807) is 18.4 Å². The average Bonchev–Trinajstić information content (AvgIpc) is 3.48. The van der Waals surface area contributed by atoms with Crippen LogP contribution in [0.4, 0.5) is 4.79 Å². The molecule has 1 amide bonds. The maximum absolute atomic E-state index is 12.6. The molecule has 2 aromatic carbocycles. The maximum Gasteiger partial charge on any atom is 0.412 e. The fourth-order valence-corrected chi connectivity index (χ4v) is 4.78. The lowest BCUT2D eigenvalue weighted by molar-refractivity contribution is -0.790. The minimum atomic E-state index is -1.23. The van der Waals surface area contributed by atoms with Crippen LogP contribution in [0.2, 0.25) is 0 Å². The Kier molecular flexibility index (Phi) is 12.1. The number of hydrogen-bond acceptors (Lipinski definition) is 12. The van der Waals surface area contributed by atoms with Crippen LogP contribution in [0.3, 0.4) is 0 Å². The van der Waals surface area contributed by atoms with Crippen molar-refractivity contribution < 1.29 is 43.6 Å². The lowest BCUT2D eigenvalue weighted by atomic mass is 10.1. The van der Waals surface area contributed by atoms with Gasteiger partial charge >= 0.3 is 12.1 Å². The van der Waals surface area contributed by atoms with Gasteiger partial charge in [-0.15, -0.1) is 31.6 Å². The van der Waals surface area contributed by atoms with Gasteiger partial charge in [-0.1, -0.05) is 42.5 Å². The molecule has 42 heavy (non-hydrogen) atoms. The van der Waals surface area contributed by atoms with Crippen molar-refractivity contribution in [3.05, 3.63) is 85.1 Å². The Morgan fingerprint density at radius 1 is 0.976 bits per heavy atom. The Balaban J connectivity index is 1.46. The first-order valence-corrected chi connectivity index (χ1v) is 13.9. The van der Waals surface area contributed by atoms with E-state index in [-0.39, 0.29) is 31.9 Å². The molecule has 15 heteroatoms. The molecule has 0 aliphatic rings. The number of nitrogens with zero attached hydrogens (tertiary/aromatic N) is 3. The zero-order chi connectivity index (χ0) is 30.5. The standard InChI is InChI=1S/C27H31N3O11S/c1-19(38-26(31)14-6-10-21(41-30(35)36)18-37-29(33)34)39-27(32)28(2)16-15-24(25-13-7-17-42-25)40-23-12-5-9-20-8-3-4-11-22(20)23/h3-5,7-9,11-13,17,19,21,24H,6,10,14-16,18H2,1-2H3/t19?,21-,24-/m0/s1. The molecule has 0 aliphatic carbocycles. The van der Waals surface area contributed by atoms with Crippen LogP contribution in [0.25, 0.3) is 10.8 Å². The lowest BCUT2D eigenvalue weighted by Gasteiger charge is -2.24. The van der Waals surface area contributed by atoms with E-state index >= 15 is 0 Å². The average molecular weight is 606 g/mol. The van der Waals surface area contributed by atoms with E-state index in [1.807, 2.05) is 60.0 Å². The van der Waals surface area contributed by atoms with Crippen LogP contribution in [-0.2, 0) is 23.9 Å². The van der Waals surface area contributed by atoms with Crippen molar-refractivity contribution in [1.82, 2.24) is 4.90 Å². The minimum absolute atomic E-state index is 0.0553. The lowest BCUT2D eigenvalue weighted by Crippen LogP contribution is -2.33. The normalized spacial score (nSPS) is 12.9. The number of ether oxygens (including phenoxy) is 3. The van der Waals surface area contributed by atoms with Crippen LogP contribution in [0.5, 0.6) is 5.75 Å². The molecule has 0 fully saturated rings. The summed E-state index contributed by atoms with van der Waals surface area (Å²) in [6.07, 6.45) is -3.20. The van der Waals surface area contributed by atoms with E-state index in [1.165, 1.54) is 11.8 Å². The third-order valence-electron chi connectivity index (χ3n) is 5.99. The second-order valence-corrected chi connectivity index (χ2v) is 10.1. The van der Waals surface area contributed by atoms with Gasteiger partial charge < -0.3 is 28.8 Å². The summed E-state index contributed by atoms with van der Waals surface area (Å²) in [5.74, 6) is 0.00749. The van der Waals surface area contributed by atoms with Gasteiger partial charge in [0.1, 0.15) is 24.6 Å². The highest BCUT2D eigenvalue weighted by Gasteiger charge is 2.22. The molecule has 226 valence electrons. The first-order valence-electron chi connectivity index (χ1n) is 13.0. The summed E-state index contributed by atoms with van der Waals surface area (Å²) < 4.78 is 16.7. The summed E-state index contributed by atoms with van der Waals surface area (Å²) in [4.78, 5) is 56.4. The third-order valence-corrected chi connectivity index (χ3v) is 6.95. The third kappa shape index (κ3) is 10.4. The van der Waals surface area contributed by atoms with Crippen molar-refractivity contribution in [3.8, 4) is 5.75 Å². The van der Waals surface area contributed by atoms with Crippen LogP contribution in [0, 0.1) is 20.2 Å². The second kappa shape index (κ2) is 16.0. The molecule has 0 spiro atoms. The monoisotopic (exact) mass is 605 g/mol. The molecular formula is C27H31N3O11S. The Hall–Kier alpha value is -4.66. The van der Waals surface area contributed by atoms with Crippen LogP contribution in [0.1, 0.15) is 43.6 Å². The topological polar surface area (TPSA) is 170 Å². The first kappa shape index (κ1) is 31.9. The number of thiophene rings is 1. The van der Waals surface area contributed by atoms with Gasteiger partial charge in [-0.3, -0.25) is 4.79 Å². The summed E-state index contributed by atoms with van der Waals surface area (Å²) in [7, 11) is 1.56. The van der Waals surface area contributed by atoms with E-state index < -0.39 is 41.2 Å². The molecule has 0 saturated heterocycles. The Morgan fingerprint density at radius 3 is 2.45 bits per heavy atom. The largest absolute Gasteiger partial charge is 0.484 e. The first-order chi connectivity index (χ1) is 20.1. The van der Waals surface area contributed by atoms with Crippen molar-refractivity contribution >= 4 is 34.2 Å². The van der Waals surface area contributed by atoms with Crippen molar-refractivity contribution in [3.63, 3.8) is 0 Å². The van der Waals surface area contributed by atoms with Gasteiger partial charge in [0.05, 0.1) is 0 Å². The predicted molar refractivity (Wildman–Crippen MR) is 150 cm³/mol. The number of esters is 1. The van der Waals surface area contributed by atoms with Gasteiger partial charge in [0.2, 0.25) is 6.29 Å². The second-order valence-electron chi connectivity index (χ2n) is 9.11. The summed E-state index contributed by atoms with van der Waals surface area (Å²) >= 11 is 1.55. The summed E-state index contributed by atoms with van der Waals surface area (Å²) in [5.41, 5.74) is 0. The molecule has 3 aromatic rings. The number of hydrogen-bond donors (Lipinski definition) is 0. The molecular weight excluding hydrogens is 574 g/mol. The van der Waals surface area contributed by atoms with E-state index in [4.69, 9.17) is 14.2 Å². The number of carbonyl (C=O) groups excluding carboxylic acids is 2. The molecule has 1 heterocycles. The number of benzene rings is 2. The van der Waals surface area contributed by atoms with Crippen LogP contribution in [-0.4, -0.2) is 59.7 Å². The van der Waals surface area contributed by atoms with Gasteiger partial charge in [0.25, 0.3) is 10.2 Å². The highest BCUT2D eigenvalue weighted by atomic mass is 32.1. The Morgan fingerprint density at radius 2 is 1.74 bits per heavy atom. The van der Waals surface area contributed by atoms with Gasteiger partial charge in [-0.05, 0) is 35.7 Å². The van der Waals surface area contributed by atoms with E-state index in [9.17, 15) is 29.8 Å². The number of fused-ring (bicyclic) bond motifs is 1.